The lowest BCUT2D eigenvalue weighted by Crippen LogP contribution is -2.50. The summed E-state index contributed by atoms with van der Waals surface area (Å²) in [7, 11) is 0. The molecular formula is C14H23NO3S. The highest BCUT2D eigenvalue weighted by Gasteiger charge is 2.35. The van der Waals surface area contributed by atoms with E-state index in [1.54, 1.807) is 4.90 Å². The highest BCUT2D eigenvalue weighted by molar-refractivity contribution is 7.99. The molecule has 2 fully saturated rings. The molecule has 2 heterocycles. The molecule has 2 rings (SSSR count). The van der Waals surface area contributed by atoms with Crippen molar-refractivity contribution in [1.82, 2.24) is 4.90 Å². The molecule has 0 aromatic heterocycles. The molecule has 4 nitrogen and oxygen atoms in total. The van der Waals surface area contributed by atoms with Gasteiger partial charge < -0.3 is 10.0 Å². The van der Waals surface area contributed by atoms with Gasteiger partial charge in [0.15, 0.2) is 0 Å². The molecule has 0 radical (unpaired) electrons. The third-order valence-corrected chi connectivity index (χ3v) is 5.32. The fraction of sp³-hybridized carbons (Fsp3) is 0.857. The zero-order chi connectivity index (χ0) is 13.8. The molecule has 2 aliphatic heterocycles. The van der Waals surface area contributed by atoms with E-state index in [1.807, 2.05) is 11.8 Å². The van der Waals surface area contributed by atoms with Gasteiger partial charge in [-0.1, -0.05) is 6.92 Å². The predicted molar refractivity (Wildman–Crippen MR) is 76.2 cm³/mol. The number of hydrogen-bond donors (Lipinski definition) is 1. The van der Waals surface area contributed by atoms with Gasteiger partial charge in [0.25, 0.3) is 0 Å². The molecule has 2 atom stereocenters. The van der Waals surface area contributed by atoms with Crippen molar-refractivity contribution in [1.29, 1.82) is 0 Å². The second-order valence-electron chi connectivity index (χ2n) is 5.83. The van der Waals surface area contributed by atoms with Crippen molar-refractivity contribution in [2.75, 3.05) is 18.1 Å². The van der Waals surface area contributed by atoms with Crippen molar-refractivity contribution in [3.8, 4) is 0 Å². The Morgan fingerprint density at radius 2 is 1.95 bits per heavy atom. The second kappa shape index (κ2) is 6.64. The summed E-state index contributed by atoms with van der Waals surface area (Å²) in [5, 5.41) is 9.28. The van der Waals surface area contributed by atoms with Crippen LogP contribution in [0.2, 0.25) is 0 Å². The van der Waals surface area contributed by atoms with Crippen LogP contribution in [0.25, 0.3) is 0 Å². The van der Waals surface area contributed by atoms with Crippen LogP contribution in [0.15, 0.2) is 0 Å². The van der Waals surface area contributed by atoms with Crippen molar-refractivity contribution in [3.63, 3.8) is 0 Å². The van der Waals surface area contributed by atoms with Gasteiger partial charge in [-0.05, 0) is 49.0 Å². The Balaban J connectivity index is 1.93. The maximum atomic E-state index is 12.3. The molecule has 2 saturated heterocycles. The lowest BCUT2D eigenvalue weighted by atomic mass is 9.91. The Hall–Kier alpha value is -0.710. The summed E-state index contributed by atoms with van der Waals surface area (Å²) in [5.74, 6) is 2.34. The average Bonchev–Trinajstić information content (AvgIpc) is 2.39. The molecular weight excluding hydrogens is 262 g/mol. The van der Waals surface area contributed by atoms with Crippen LogP contribution in [0.1, 0.15) is 39.0 Å². The van der Waals surface area contributed by atoms with E-state index < -0.39 is 12.0 Å². The summed E-state index contributed by atoms with van der Waals surface area (Å²) >= 11 is 1.95. The van der Waals surface area contributed by atoms with Crippen LogP contribution < -0.4 is 0 Å². The molecule has 0 aliphatic carbocycles. The number of nitrogens with zero attached hydrogens (tertiary/aromatic N) is 1. The van der Waals surface area contributed by atoms with E-state index in [4.69, 9.17) is 0 Å². The maximum absolute atomic E-state index is 12.3. The number of carbonyl (C=O) groups excluding carboxylic acids is 1. The molecule has 1 N–H and O–H groups in total. The average molecular weight is 285 g/mol. The fourth-order valence-corrected chi connectivity index (χ4v) is 4.19. The number of amides is 1. The van der Waals surface area contributed by atoms with Gasteiger partial charge in [-0.15, -0.1) is 0 Å². The number of likely N-dealkylation sites (tertiary alicyclic amines) is 1. The number of thioether (sulfide) groups is 1. The third kappa shape index (κ3) is 3.88. The second-order valence-corrected chi connectivity index (χ2v) is 7.06. The smallest absolute Gasteiger partial charge is 0.326 e. The van der Waals surface area contributed by atoms with Crippen molar-refractivity contribution >= 4 is 23.6 Å². The first-order valence-electron chi connectivity index (χ1n) is 7.18. The van der Waals surface area contributed by atoms with Gasteiger partial charge in [0.1, 0.15) is 6.04 Å². The van der Waals surface area contributed by atoms with Crippen LogP contribution in [0, 0.1) is 11.8 Å². The Kier molecular flexibility index (Phi) is 5.13. The van der Waals surface area contributed by atoms with Crippen molar-refractivity contribution < 1.29 is 14.7 Å². The number of piperidine rings is 1. The summed E-state index contributed by atoms with van der Waals surface area (Å²) < 4.78 is 0. The van der Waals surface area contributed by atoms with Crippen molar-refractivity contribution in [2.45, 2.75) is 45.1 Å². The minimum Gasteiger partial charge on any atom is -0.480 e. The van der Waals surface area contributed by atoms with Crippen LogP contribution in [0.4, 0.5) is 0 Å². The van der Waals surface area contributed by atoms with E-state index in [0.29, 0.717) is 31.2 Å². The summed E-state index contributed by atoms with van der Waals surface area (Å²) in [4.78, 5) is 25.3. The summed E-state index contributed by atoms with van der Waals surface area (Å²) in [6.45, 7) is 2.68. The number of carboxylic acids is 1. The zero-order valence-electron chi connectivity index (χ0n) is 11.5. The molecule has 0 aromatic rings. The van der Waals surface area contributed by atoms with Gasteiger partial charge in [0.2, 0.25) is 5.91 Å². The molecule has 2 aliphatic rings. The van der Waals surface area contributed by atoms with E-state index in [1.165, 1.54) is 0 Å². The highest BCUT2D eigenvalue weighted by atomic mass is 32.2. The molecule has 5 heteroatoms. The topological polar surface area (TPSA) is 57.6 Å². The van der Waals surface area contributed by atoms with E-state index >= 15 is 0 Å². The van der Waals surface area contributed by atoms with E-state index in [-0.39, 0.29) is 5.91 Å². The van der Waals surface area contributed by atoms with E-state index in [2.05, 4.69) is 6.92 Å². The lowest BCUT2D eigenvalue weighted by molar-refractivity contribution is -0.153. The molecule has 19 heavy (non-hydrogen) atoms. The minimum atomic E-state index is -0.848. The molecule has 0 saturated carbocycles. The Morgan fingerprint density at radius 3 is 2.58 bits per heavy atom. The highest BCUT2D eigenvalue weighted by Crippen LogP contribution is 2.28. The largest absolute Gasteiger partial charge is 0.480 e. The molecule has 0 aromatic carbocycles. The maximum Gasteiger partial charge on any atom is 0.326 e. The number of carbonyl (C=O) groups is 2. The first-order chi connectivity index (χ1) is 9.08. The van der Waals surface area contributed by atoms with Gasteiger partial charge >= 0.3 is 5.97 Å². The van der Waals surface area contributed by atoms with Gasteiger partial charge in [-0.25, -0.2) is 4.79 Å². The molecule has 2 unspecified atom stereocenters. The summed E-state index contributed by atoms with van der Waals surface area (Å²) in [6.07, 6.45) is 4.26. The van der Waals surface area contributed by atoms with E-state index in [0.717, 1.165) is 30.8 Å². The number of aliphatic carboxylic acids is 1. The van der Waals surface area contributed by atoms with Crippen LogP contribution >= 0.6 is 11.8 Å². The van der Waals surface area contributed by atoms with Gasteiger partial charge in [-0.3, -0.25) is 4.79 Å². The minimum absolute atomic E-state index is 0.0520. The molecule has 0 bridgehead atoms. The van der Waals surface area contributed by atoms with E-state index in [9.17, 15) is 14.7 Å². The van der Waals surface area contributed by atoms with Crippen LogP contribution in [0.3, 0.4) is 0 Å². The normalized spacial score (nSPS) is 29.2. The summed E-state index contributed by atoms with van der Waals surface area (Å²) in [5.41, 5.74) is 0. The lowest BCUT2D eigenvalue weighted by Gasteiger charge is -2.37. The van der Waals surface area contributed by atoms with Crippen molar-refractivity contribution in [3.05, 3.63) is 0 Å². The predicted octanol–water partition coefficient (Wildman–Crippen LogP) is 2.23. The first-order valence-corrected chi connectivity index (χ1v) is 8.33. The van der Waals surface area contributed by atoms with Gasteiger partial charge in [0, 0.05) is 13.0 Å². The van der Waals surface area contributed by atoms with Crippen molar-refractivity contribution in [2.24, 2.45) is 11.8 Å². The van der Waals surface area contributed by atoms with Crippen LogP contribution in [0.5, 0.6) is 0 Å². The Bertz CT molecular complexity index is 342. The number of rotatable bonds is 3. The first kappa shape index (κ1) is 14.7. The molecule has 1 amide bonds. The monoisotopic (exact) mass is 285 g/mol. The number of carboxylic acid groups (broad SMARTS) is 1. The SMILES string of the molecule is CC1CCN(C(=O)CC2CCSCC2)C(C(=O)O)C1. The fourth-order valence-electron chi connectivity index (χ4n) is 2.99. The van der Waals surface area contributed by atoms with Gasteiger partial charge in [-0.2, -0.15) is 11.8 Å². The Labute approximate surface area is 118 Å². The van der Waals surface area contributed by atoms with Gasteiger partial charge in [0.05, 0.1) is 0 Å². The standard InChI is InChI=1S/C14H23NO3S/c1-10-2-5-15(12(8-10)14(17)18)13(16)9-11-3-6-19-7-4-11/h10-12H,2-9H2,1H3,(H,17,18). The molecule has 108 valence electrons. The zero-order valence-corrected chi connectivity index (χ0v) is 12.3. The summed E-state index contributed by atoms with van der Waals surface area (Å²) in [6, 6.07) is -0.603. The molecule has 0 spiro atoms. The quantitative estimate of drug-likeness (QED) is 0.864. The van der Waals surface area contributed by atoms with Crippen LogP contribution in [-0.2, 0) is 9.59 Å². The number of hydrogen-bond acceptors (Lipinski definition) is 3. The van der Waals surface area contributed by atoms with Crippen LogP contribution in [-0.4, -0.2) is 46.0 Å². The third-order valence-electron chi connectivity index (χ3n) is 4.27. The Morgan fingerprint density at radius 1 is 1.26 bits per heavy atom.